The number of hydrogen-bond acceptors (Lipinski definition) is 0. The van der Waals surface area contributed by atoms with Gasteiger partial charge in [-0.1, -0.05) is 18.6 Å². The third kappa shape index (κ3) is 0.149. The minimum absolute atomic E-state index is 1.02. The molecule has 32 valence electrons. The summed E-state index contributed by atoms with van der Waals surface area (Å²) in [5.41, 5.74) is 1.75. The van der Waals surface area contributed by atoms with Crippen LogP contribution in [0, 0.1) is 11.8 Å². The Balaban J connectivity index is 2.06. The second-order valence-corrected chi connectivity index (χ2v) is 2.21. The maximum absolute atomic E-state index is 2.36. The van der Waals surface area contributed by atoms with Crippen molar-refractivity contribution in [1.82, 2.24) is 0 Å². The van der Waals surface area contributed by atoms with Gasteiger partial charge in [0, 0.05) is 5.92 Å². The van der Waals surface area contributed by atoms with Crippen molar-refractivity contribution in [2.75, 3.05) is 0 Å². The first-order chi connectivity index (χ1) is 2.93. The molecule has 0 heterocycles. The van der Waals surface area contributed by atoms with Crippen LogP contribution in [0.1, 0.15) is 13.3 Å². The Kier molecular flexibility index (Phi) is 0.272. The van der Waals surface area contributed by atoms with E-state index in [2.05, 4.69) is 13.0 Å². The lowest BCUT2D eigenvalue weighted by Gasteiger charge is -1.84. The molecule has 2 atom stereocenters. The van der Waals surface area contributed by atoms with Crippen LogP contribution in [-0.2, 0) is 0 Å². The third-order valence-electron chi connectivity index (χ3n) is 1.84. The van der Waals surface area contributed by atoms with Crippen LogP contribution in [0.2, 0.25) is 0 Å². The van der Waals surface area contributed by atoms with Gasteiger partial charge in [0.1, 0.15) is 0 Å². The topological polar surface area (TPSA) is 0 Å². The number of rotatable bonds is 1. The molecule has 0 spiro atoms. The van der Waals surface area contributed by atoms with Crippen LogP contribution in [-0.4, -0.2) is 0 Å². The zero-order valence-electron chi connectivity index (χ0n) is 3.94. The van der Waals surface area contributed by atoms with E-state index in [0.29, 0.717) is 0 Å². The Hall–Kier alpha value is -0.260. The van der Waals surface area contributed by atoms with E-state index in [4.69, 9.17) is 0 Å². The summed E-state index contributed by atoms with van der Waals surface area (Å²) in [6.07, 6.45) is 3.74. The average molecular weight is 80.1 g/mol. The second-order valence-electron chi connectivity index (χ2n) is 2.21. The molecule has 1 saturated carbocycles. The highest BCUT2D eigenvalue weighted by atomic mass is 14.6. The van der Waals surface area contributed by atoms with Gasteiger partial charge in [0.15, 0.2) is 0 Å². The van der Waals surface area contributed by atoms with E-state index in [1.165, 1.54) is 6.42 Å². The molecular formula is C6H8. The molecule has 0 heteroatoms. The highest BCUT2D eigenvalue weighted by molar-refractivity contribution is 5.50. The Bertz CT molecular complexity index is 111. The maximum atomic E-state index is 2.36. The SMILES string of the molecule is CCC1C2=CC21. The van der Waals surface area contributed by atoms with Gasteiger partial charge in [-0.25, -0.2) is 0 Å². The molecular weight excluding hydrogens is 72.1 g/mol. The molecule has 0 bridgehead atoms. The van der Waals surface area contributed by atoms with Crippen LogP contribution >= 0.6 is 0 Å². The molecule has 2 rings (SSSR count). The molecule has 0 N–H and O–H groups in total. The standard InChI is InChI=1S/C6H8/c1-2-4-5-3-6(4)5/h3-5H,2H2,1H3. The van der Waals surface area contributed by atoms with Crippen molar-refractivity contribution < 1.29 is 0 Å². The highest BCUT2D eigenvalue weighted by Gasteiger charge is 2.51. The van der Waals surface area contributed by atoms with Crippen molar-refractivity contribution in [3.05, 3.63) is 11.6 Å². The monoisotopic (exact) mass is 80.1 g/mol. The molecule has 2 unspecified atom stereocenters. The van der Waals surface area contributed by atoms with Gasteiger partial charge >= 0.3 is 0 Å². The summed E-state index contributed by atoms with van der Waals surface area (Å²) in [7, 11) is 0. The predicted molar refractivity (Wildman–Crippen MR) is 25.4 cm³/mol. The number of hydrogen-bond donors (Lipinski definition) is 0. The summed E-state index contributed by atoms with van der Waals surface area (Å²) in [6.45, 7) is 2.26. The van der Waals surface area contributed by atoms with E-state index in [9.17, 15) is 0 Å². The molecule has 6 heavy (non-hydrogen) atoms. The van der Waals surface area contributed by atoms with Crippen molar-refractivity contribution in [3.63, 3.8) is 0 Å². The van der Waals surface area contributed by atoms with Crippen molar-refractivity contribution in [1.29, 1.82) is 0 Å². The van der Waals surface area contributed by atoms with Gasteiger partial charge in [-0.05, 0) is 12.3 Å². The minimum Gasteiger partial charge on any atom is -0.0766 e. The van der Waals surface area contributed by atoms with Crippen LogP contribution in [0.25, 0.3) is 0 Å². The van der Waals surface area contributed by atoms with Gasteiger partial charge in [-0.2, -0.15) is 0 Å². The highest BCUT2D eigenvalue weighted by Crippen LogP contribution is 2.61. The molecule has 0 nitrogen and oxygen atoms in total. The van der Waals surface area contributed by atoms with E-state index in [0.717, 1.165) is 11.8 Å². The second kappa shape index (κ2) is 0.575. The van der Waals surface area contributed by atoms with Crippen molar-refractivity contribution in [2.45, 2.75) is 13.3 Å². The first kappa shape index (κ1) is 2.84. The van der Waals surface area contributed by atoms with E-state index in [1.807, 2.05) is 0 Å². The average Bonchev–Trinajstić information content (AvgIpc) is 2.12. The summed E-state index contributed by atoms with van der Waals surface area (Å²) in [5, 5.41) is 0. The summed E-state index contributed by atoms with van der Waals surface area (Å²) in [5.74, 6) is 2.08. The molecule has 0 saturated heterocycles. The van der Waals surface area contributed by atoms with Crippen LogP contribution in [0.15, 0.2) is 11.6 Å². The number of fused-ring (bicyclic) bond motifs is 1. The molecule has 0 radical (unpaired) electrons. The predicted octanol–water partition coefficient (Wildman–Crippen LogP) is 1.58. The fourth-order valence-electron chi connectivity index (χ4n) is 1.13. The largest absolute Gasteiger partial charge is 0.0766 e. The van der Waals surface area contributed by atoms with E-state index in [1.54, 1.807) is 5.57 Å². The Morgan fingerprint density at radius 1 is 1.83 bits per heavy atom. The smallest absolute Gasteiger partial charge is 0.00487 e. The number of allylic oxidation sites excluding steroid dienone is 2. The van der Waals surface area contributed by atoms with Crippen molar-refractivity contribution >= 4 is 0 Å². The van der Waals surface area contributed by atoms with Crippen LogP contribution in [0.5, 0.6) is 0 Å². The quantitative estimate of drug-likeness (QED) is 0.419. The van der Waals surface area contributed by atoms with Gasteiger partial charge in [-0.3, -0.25) is 0 Å². The lowest BCUT2D eigenvalue weighted by molar-refractivity contribution is 0.748. The van der Waals surface area contributed by atoms with Crippen LogP contribution < -0.4 is 0 Å². The van der Waals surface area contributed by atoms with Gasteiger partial charge in [0.05, 0.1) is 0 Å². The molecule has 0 aromatic rings. The lowest BCUT2D eigenvalue weighted by Crippen LogP contribution is -1.74. The zero-order chi connectivity index (χ0) is 4.15. The van der Waals surface area contributed by atoms with Gasteiger partial charge in [-0.15, -0.1) is 0 Å². The summed E-state index contributed by atoms with van der Waals surface area (Å²) in [6, 6.07) is 0. The normalized spacial score (nSPS) is 47.2. The van der Waals surface area contributed by atoms with Crippen molar-refractivity contribution in [2.24, 2.45) is 11.8 Å². The Labute approximate surface area is 37.9 Å². The van der Waals surface area contributed by atoms with E-state index < -0.39 is 0 Å². The fraction of sp³-hybridized carbons (Fsp3) is 0.667. The molecule has 0 aliphatic heterocycles. The van der Waals surface area contributed by atoms with E-state index in [-0.39, 0.29) is 0 Å². The molecule has 2 aliphatic carbocycles. The molecule has 1 fully saturated rings. The molecule has 0 aromatic carbocycles. The maximum Gasteiger partial charge on any atom is 0.00487 e. The van der Waals surface area contributed by atoms with E-state index >= 15 is 0 Å². The zero-order valence-corrected chi connectivity index (χ0v) is 3.94. The van der Waals surface area contributed by atoms with Crippen LogP contribution in [0.3, 0.4) is 0 Å². The van der Waals surface area contributed by atoms with Gasteiger partial charge < -0.3 is 0 Å². The molecule has 2 aliphatic rings. The fourth-order valence-corrected chi connectivity index (χ4v) is 1.13. The Morgan fingerprint density at radius 3 is 2.50 bits per heavy atom. The van der Waals surface area contributed by atoms with Gasteiger partial charge in [0.2, 0.25) is 0 Å². The Morgan fingerprint density at radius 2 is 2.50 bits per heavy atom. The lowest BCUT2D eigenvalue weighted by atomic mass is 10.2. The first-order valence-electron chi connectivity index (χ1n) is 2.65. The van der Waals surface area contributed by atoms with Crippen molar-refractivity contribution in [3.8, 4) is 0 Å². The molecule has 0 amide bonds. The van der Waals surface area contributed by atoms with Gasteiger partial charge in [0.25, 0.3) is 0 Å². The first-order valence-corrected chi connectivity index (χ1v) is 2.65. The summed E-state index contributed by atoms with van der Waals surface area (Å²) in [4.78, 5) is 0. The summed E-state index contributed by atoms with van der Waals surface area (Å²) < 4.78 is 0. The summed E-state index contributed by atoms with van der Waals surface area (Å²) >= 11 is 0. The van der Waals surface area contributed by atoms with Crippen LogP contribution in [0.4, 0.5) is 0 Å². The minimum atomic E-state index is 1.02. The third-order valence-corrected chi connectivity index (χ3v) is 1.84. The molecule has 0 aromatic heterocycles.